The third-order valence-electron chi connectivity index (χ3n) is 3.90. The molecule has 1 heterocycles. The highest BCUT2D eigenvalue weighted by atomic mass is 16.5. The molecule has 0 radical (unpaired) electrons. The van der Waals surface area contributed by atoms with E-state index in [0.717, 1.165) is 11.3 Å². The topological polar surface area (TPSA) is 58.6 Å². The molecule has 124 valence electrons. The number of benzene rings is 2. The Kier molecular flexibility index (Phi) is 5.23. The molecule has 0 aromatic heterocycles. The molecular weight excluding hydrogens is 304 g/mol. The van der Waals surface area contributed by atoms with E-state index in [2.05, 4.69) is 5.32 Å². The van der Waals surface area contributed by atoms with Gasteiger partial charge in [0.15, 0.2) is 0 Å². The van der Waals surface area contributed by atoms with Crippen LogP contribution in [0.4, 0.5) is 5.69 Å². The molecule has 3 rings (SSSR count). The van der Waals surface area contributed by atoms with Gasteiger partial charge < -0.3 is 15.0 Å². The molecule has 0 bridgehead atoms. The van der Waals surface area contributed by atoms with Crippen molar-refractivity contribution in [3.63, 3.8) is 0 Å². The number of carbonyl (C=O) groups is 2. The second-order valence-electron chi connectivity index (χ2n) is 5.79. The summed E-state index contributed by atoms with van der Waals surface area (Å²) >= 11 is 0. The largest absolute Gasteiger partial charge is 0.367 e. The van der Waals surface area contributed by atoms with Crippen LogP contribution in [0.3, 0.4) is 0 Å². The van der Waals surface area contributed by atoms with Gasteiger partial charge in [0.1, 0.15) is 6.61 Å². The summed E-state index contributed by atoms with van der Waals surface area (Å²) in [7, 11) is 0. The maximum atomic E-state index is 12.1. The number of carbonyl (C=O) groups excluding carboxylic acids is 2. The number of hydrogen-bond donors (Lipinski definition) is 1. The number of para-hydroxylation sites is 1. The fraction of sp³-hybridized carbons (Fsp3) is 0.263. The molecule has 2 aromatic rings. The summed E-state index contributed by atoms with van der Waals surface area (Å²) in [5, 5.41) is 2.87. The maximum absolute atomic E-state index is 12.1. The van der Waals surface area contributed by atoms with E-state index in [4.69, 9.17) is 4.74 Å². The highest BCUT2D eigenvalue weighted by Gasteiger charge is 2.31. The quantitative estimate of drug-likeness (QED) is 0.885. The van der Waals surface area contributed by atoms with Crippen molar-refractivity contribution in [1.29, 1.82) is 0 Å². The van der Waals surface area contributed by atoms with Crippen molar-refractivity contribution in [2.24, 2.45) is 0 Å². The lowest BCUT2D eigenvalue weighted by atomic mass is 10.2. The normalized spacial score (nSPS) is 17.1. The lowest BCUT2D eigenvalue weighted by Crippen LogP contribution is -2.39. The van der Waals surface area contributed by atoms with Gasteiger partial charge in [0.05, 0.1) is 12.6 Å². The third kappa shape index (κ3) is 4.20. The Bertz CT molecular complexity index is 688. The molecule has 1 aliphatic rings. The second kappa shape index (κ2) is 7.75. The maximum Gasteiger partial charge on any atom is 0.246 e. The van der Waals surface area contributed by atoms with Crippen LogP contribution >= 0.6 is 0 Å². The van der Waals surface area contributed by atoms with Crippen molar-refractivity contribution in [1.82, 2.24) is 5.32 Å². The van der Waals surface area contributed by atoms with Crippen LogP contribution in [-0.4, -0.2) is 31.0 Å². The standard InChI is InChI=1S/C19H20N2O3/c22-18(14-24-13-15-7-3-1-4-8-15)20-16-11-19(23)21(12-16)17-9-5-2-6-10-17/h1-10,16H,11-14H2,(H,20,22). The van der Waals surface area contributed by atoms with Crippen LogP contribution in [0.5, 0.6) is 0 Å². The van der Waals surface area contributed by atoms with E-state index in [1.165, 1.54) is 0 Å². The number of nitrogens with one attached hydrogen (secondary N) is 1. The van der Waals surface area contributed by atoms with Crippen LogP contribution in [-0.2, 0) is 20.9 Å². The average molecular weight is 324 g/mol. The molecule has 1 unspecified atom stereocenters. The molecule has 1 fully saturated rings. The summed E-state index contributed by atoms with van der Waals surface area (Å²) in [5.41, 5.74) is 1.89. The van der Waals surface area contributed by atoms with Gasteiger partial charge in [-0.3, -0.25) is 9.59 Å². The first-order valence-corrected chi connectivity index (χ1v) is 7.99. The molecule has 24 heavy (non-hydrogen) atoms. The molecule has 1 N–H and O–H groups in total. The predicted octanol–water partition coefficient (Wildman–Crippen LogP) is 2.12. The van der Waals surface area contributed by atoms with E-state index in [1.807, 2.05) is 60.7 Å². The van der Waals surface area contributed by atoms with Gasteiger partial charge in [-0.2, -0.15) is 0 Å². The zero-order chi connectivity index (χ0) is 16.8. The van der Waals surface area contributed by atoms with E-state index in [-0.39, 0.29) is 24.5 Å². The van der Waals surface area contributed by atoms with Crippen LogP contribution in [0, 0.1) is 0 Å². The monoisotopic (exact) mass is 324 g/mol. The summed E-state index contributed by atoms with van der Waals surface area (Å²) < 4.78 is 5.42. The minimum Gasteiger partial charge on any atom is -0.367 e. The number of nitrogens with zero attached hydrogens (tertiary/aromatic N) is 1. The number of amides is 2. The van der Waals surface area contributed by atoms with Gasteiger partial charge in [0.2, 0.25) is 11.8 Å². The van der Waals surface area contributed by atoms with E-state index < -0.39 is 0 Å². The van der Waals surface area contributed by atoms with Gasteiger partial charge in [-0.05, 0) is 17.7 Å². The van der Waals surface area contributed by atoms with Crippen molar-refractivity contribution >= 4 is 17.5 Å². The molecule has 5 nitrogen and oxygen atoms in total. The van der Waals surface area contributed by atoms with E-state index in [1.54, 1.807) is 4.90 Å². The Hall–Kier alpha value is -2.66. The number of anilines is 1. The Morgan fingerprint density at radius 2 is 1.75 bits per heavy atom. The highest BCUT2D eigenvalue weighted by Crippen LogP contribution is 2.20. The van der Waals surface area contributed by atoms with Crippen molar-refractivity contribution in [2.75, 3.05) is 18.1 Å². The minimum absolute atomic E-state index is 0.00901. The fourth-order valence-electron chi connectivity index (χ4n) is 2.77. The highest BCUT2D eigenvalue weighted by molar-refractivity contribution is 5.96. The Morgan fingerprint density at radius 3 is 2.46 bits per heavy atom. The Morgan fingerprint density at radius 1 is 1.08 bits per heavy atom. The van der Waals surface area contributed by atoms with Crippen molar-refractivity contribution in [3.8, 4) is 0 Å². The molecule has 5 heteroatoms. The second-order valence-corrected chi connectivity index (χ2v) is 5.79. The molecule has 1 aliphatic heterocycles. The lowest BCUT2D eigenvalue weighted by Gasteiger charge is -2.17. The van der Waals surface area contributed by atoms with Crippen LogP contribution in [0.25, 0.3) is 0 Å². The lowest BCUT2D eigenvalue weighted by molar-refractivity contribution is -0.126. The van der Waals surface area contributed by atoms with Gasteiger partial charge in [0, 0.05) is 18.7 Å². The summed E-state index contributed by atoms with van der Waals surface area (Å²) in [5.74, 6) is -0.171. The van der Waals surface area contributed by atoms with E-state index in [9.17, 15) is 9.59 Å². The van der Waals surface area contributed by atoms with Crippen LogP contribution in [0.1, 0.15) is 12.0 Å². The van der Waals surface area contributed by atoms with E-state index in [0.29, 0.717) is 19.6 Å². The Balaban J connectivity index is 1.45. The predicted molar refractivity (Wildman–Crippen MR) is 91.4 cm³/mol. The summed E-state index contributed by atoms with van der Waals surface area (Å²) in [4.78, 5) is 25.8. The van der Waals surface area contributed by atoms with E-state index >= 15 is 0 Å². The molecule has 0 spiro atoms. The zero-order valence-electron chi connectivity index (χ0n) is 13.4. The van der Waals surface area contributed by atoms with Crippen molar-refractivity contribution in [2.45, 2.75) is 19.1 Å². The zero-order valence-corrected chi connectivity index (χ0v) is 13.4. The molecule has 0 saturated carbocycles. The van der Waals surface area contributed by atoms with Gasteiger partial charge >= 0.3 is 0 Å². The summed E-state index contributed by atoms with van der Waals surface area (Å²) in [6.45, 7) is 0.881. The van der Waals surface area contributed by atoms with Gasteiger partial charge in [0.25, 0.3) is 0 Å². The first-order chi connectivity index (χ1) is 11.7. The molecule has 2 aromatic carbocycles. The van der Waals surface area contributed by atoms with Crippen molar-refractivity contribution in [3.05, 3.63) is 66.2 Å². The van der Waals surface area contributed by atoms with Crippen LogP contribution in [0.2, 0.25) is 0 Å². The minimum atomic E-state index is -0.196. The van der Waals surface area contributed by atoms with Gasteiger partial charge in [-0.15, -0.1) is 0 Å². The van der Waals surface area contributed by atoms with Gasteiger partial charge in [-0.25, -0.2) is 0 Å². The molecule has 2 amide bonds. The Labute approximate surface area is 141 Å². The fourth-order valence-corrected chi connectivity index (χ4v) is 2.77. The number of rotatable bonds is 6. The van der Waals surface area contributed by atoms with Gasteiger partial charge in [-0.1, -0.05) is 48.5 Å². The number of hydrogen-bond acceptors (Lipinski definition) is 3. The first kappa shape index (κ1) is 16.2. The molecule has 1 atom stereocenters. The molecular formula is C19H20N2O3. The summed E-state index contributed by atoms with van der Waals surface area (Å²) in [6, 6.07) is 19.0. The average Bonchev–Trinajstić information content (AvgIpc) is 2.97. The number of ether oxygens (including phenoxy) is 1. The molecule has 0 aliphatic carbocycles. The van der Waals surface area contributed by atoms with Crippen molar-refractivity contribution < 1.29 is 14.3 Å². The SMILES string of the molecule is O=C(COCc1ccccc1)NC1CC(=O)N(c2ccccc2)C1. The third-order valence-corrected chi connectivity index (χ3v) is 3.90. The first-order valence-electron chi connectivity index (χ1n) is 7.99. The summed E-state index contributed by atoms with van der Waals surface area (Å²) in [6.07, 6.45) is 0.319. The smallest absolute Gasteiger partial charge is 0.246 e. The molecule has 1 saturated heterocycles. The van der Waals surface area contributed by atoms with Crippen LogP contribution in [0.15, 0.2) is 60.7 Å². The van der Waals surface area contributed by atoms with Crippen LogP contribution < -0.4 is 10.2 Å².